The van der Waals surface area contributed by atoms with Crippen molar-refractivity contribution < 1.29 is 4.79 Å². The number of nitrogen functional groups attached to an aromatic ring is 1. The Morgan fingerprint density at radius 2 is 1.37 bits per heavy atom. The summed E-state index contributed by atoms with van der Waals surface area (Å²) in [5, 5.41) is 8.74. The quantitative estimate of drug-likeness (QED) is 0.230. The molecular weight excluding hydrogens is 358 g/mol. The van der Waals surface area contributed by atoms with Crippen LogP contribution in [0.1, 0.15) is 15.9 Å². The zero-order valence-electron chi connectivity index (χ0n) is 14.3. The SMILES string of the molecule is Nc1ccc(C(=O)NN=Cc2c3ccccc3c(Cl)c3ccccc23)cc1. The van der Waals surface area contributed by atoms with Gasteiger partial charge in [0, 0.05) is 27.6 Å². The number of nitrogens with one attached hydrogen (secondary N) is 1. The highest BCUT2D eigenvalue weighted by molar-refractivity contribution is 6.42. The number of amides is 1. The topological polar surface area (TPSA) is 67.5 Å². The van der Waals surface area contributed by atoms with E-state index in [0.717, 1.165) is 27.1 Å². The number of hydrogen-bond acceptors (Lipinski definition) is 3. The van der Waals surface area contributed by atoms with Gasteiger partial charge < -0.3 is 5.73 Å². The molecule has 0 aliphatic heterocycles. The third kappa shape index (κ3) is 3.23. The molecule has 0 radical (unpaired) electrons. The van der Waals surface area contributed by atoms with E-state index in [1.165, 1.54) is 0 Å². The van der Waals surface area contributed by atoms with E-state index in [1.54, 1.807) is 30.5 Å². The highest BCUT2D eigenvalue weighted by Crippen LogP contribution is 2.35. The third-order valence-corrected chi connectivity index (χ3v) is 4.85. The molecule has 0 unspecified atom stereocenters. The Balaban J connectivity index is 1.74. The summed E-state index contributed by atoms with van der Waals surface area (Å²) in [5.74, 6) is -0.297. The monoisotopic (exact) mass is 373 g/mol. The number of benzene rings is 4. The maximum Gasteiger partial charge on any atom is 0.271 e. The Kier molecular flexibility index (Phi) is 4.48. The molecule has 5 heteroatoms. The molecule has 132 valence electrons. The molecule has 0 spiro atoms. The van der Waals surface area contributed by atoms with Crippen LogP contribution in [0.25, 0.3) is 21.5 Å². The number of hydrazone groups is 1. The van der Waals surface area contributed by atoms with E-state index < -0.39 is 0 Å². The summed E-state index contributed by atoms with van der Waals surface area (Å²) in [5.41, 5.74) is 10.2. The van der Waals surface area contributed by atoms with Crippen LogP contribution in [0.5, 0.6) is 0 Å². The first kappa shape index (κ1) is 17.1. The predicted octanol–water partition coefficient (Wildman–Crippen LogP) is 4.99. The fraction of sp³-hybridized carbons (Fsp3) is 0. The van der Waals surface area contributed by atoms with E-state index in [9.17, 15) is 4.79 Å². The largest absolute Gasteiger partial charge is 0.399 e. The average molecular weight is 374 g/mol. The van der Waals surface area contributed by atoms with Gasteiger partial charge in [-0.3, -0.25) is 4.79 Å². The van der Waals surface area contributed by atoms with Crippen molar-refractivity contribution >= 4 is 51.0 Å². The van der Waals surface area contributed by atoms with Crippen LogP contribution in [-0.2, 0) is 0 Å². The van der Waals surface area contributed by atoms with Crippen molar-refractivity contribution in [3.8, 4) is 0 Å². The highest BCUT2D eigenvalue weighted by Gasteiger charge is 2.11. The molecule has 3 N–H and O–H groups in total. The number of anilines is 1. The minimum Gasteiger partial charge on any atom is -0.399 e. The molecule has 0 heterocycles. The predicted molar refractivity (Wildman–Crippen MR) is 112 cm³/mol. The molecule has 0 saturated carbocycles. The molecule has 0 aliphatic carbocycles. The number of fused-ring (bicyclic) bond motifs is 2. The summed E-state index contributed by atoms with van der Waals surface area (Å²) < 4.78 is 0. The molecule has 0 atom stereocenters. The standard InChI is InChI=1S/C22H16ClN3O/c23-21-18-7-3-1-5-16(18)20(17-6-2-4-8-19(17)21)13-25-26-22(27)14-9-11-15(24)12-10-14/h1-13H,24H2,(H,26,27). The van der Waals surface area contributed by atoms with Crippen LogP contribution in [-0.4, -0.2) is 12.1 Å². The molecular formula is C22H16ClN3O. The van der Waals surface area contributed by atoms with E-state index in [2.05, 4.69) is 10.5 Å². The Bertz CT molecular complexity index is 1130. The van der Waals surface area contributed by atoms with Gasteiger partial charge in [-0.25, -0.2) is 5.43 Å². The zero-order chi connectivity index (χ0) is 18.8. The van der Waals surface area contributed by atoms with Crippen LogP contribution in [0.15, 0.2) is 77.9 Å². The fourth-order valence-corrected chi connectivity index (χ4v) is 3.43. The van der Waals surface area contributed by atoms with Gasteiger partial charge in [-0.2, -0.15) is 5.10 Å². The summed E-state index contributed by atoms with van der Waals surface area (Å²) in [6.45, 7) is 0. The van der Waals surface area contributed by atoms with Crippen LogP contribution >= 0.6 is 11.6 Å². The lowest BCUT2D eigenvalue weighted by Crippen LogP contribution is -2.17. The van der Waals surface area contributed by atoms with Crippen LogP contribution in [0, 0.1) is 0 Å². The number of rotatable bonds is 3. The van der Waals surface area contributed by atoms with E-state index in [1.807, 2.05) is 48.5 Å². The van der Waals surface area contributed by atoms with E-state index in [0.29, 0.717) is 16.3 Å². The van der Waals surface area contributed by atoms with Gasteiger partial charge in [0.05, 0.1) is 11.2 Å². The Morgan fingerprint density at radius 3 is 1.93 bits per heavy atom. The molecule has 4 rings (SSSR count). The Hall–Kier alpha value is -3.37. The van der Waals surface area contributed by atoms with Crippen LogP contribution < -0.4 is 11.2 Å². The van der Waals surface area contributed by atoms with E-state index >= 15 is 0 Å². The van der Waals surface area contributed by atoms with Gasteiger partial charge in [-0.05, 0) is 35.0 Å². The molecule has 0 saturated heterocycles. The first-order valence-electron chi connectivity index (χ1n) is 8.43. The lowest BCUT2D eigenvalue weighted by molar-refractivity contribution is 0.0955. The highest BCUT2D eigenvalue weighted by atomic mass is 35.5. The van der Waals surface area contributed by atoms with Crippen LogP contribution in [0.2, 0.25) is 5.02 Å². The first-order valence-corrected chi connectivity index (χ1v) is 8.81. The maximum absolute atomic E-state index is 12.2. The molecule has 27 heavy (non-hydrogen) atoms. The van der Waals surface area contributed by atoms with Crippen molar-refractivity contribution in [1.29, 1.82) is 0 Å². The molecule has 0 bridgehead atoms. The summed E-state index contributed by atoms with van der Waals surface area (Å²) >= 11 is 6.60. The second-order valence-electron chi connectivity index (χ2n) is 6.14. The third-order valence-electron chi connectivity index (χ3n) is 4.44. The lowest BCUT2D eigenvalue weighted by atomic mass is 9.97. The second-order valence-corrected chi connectivity index (χ2v) is 6.52. The van der Waals surface area contributed by atoms with Gasteiger partial charge in [0.2, 0.25) is 0 Å². The number of hydrogen-bond donors (Lipinski definition) is 2. The fourth-order valence-electron chi connectivity index (χ4n) is 3.10. The summed E-state index contributed by atoms with van der Waals surface area (Å²) in [7, 11) is 0. The van der Waals surface area contributed by atoms with Gasteiger partial charge >= 0.3 is 0 Å². The van der Waals surface area contributed by atoms with Crippen LogP contribution in [0.4, 0.5) is 5.69 Å². The van der Waals surface area contributed by atoms with Crippen molar-refractivity contribution in [1.82, 2.24) is 5.43 Å². The molecule has 4 aromatic carbocycles. The Morgan fingerprint density at radius 1 is 0.852 bits per heavy atom. The number of carbonyl (C=O) groups excluding carboxylic acids is 1. The van der Waals surface area contributed by atoms with Gasteiger partial charge in [0.1, 0.15) is 0 Å². The lowest BCUT2D eigenvalue weighted by Gasteiger charge is -2.10. The van der Waals surface area contributed by atoms with Crippen molar-refractivity contribution in [3.63, 3.8) is 0 Å². The van der Waals surface area contributed by atoms with Crippen molar-refractivity contribution in [2.75, 3.05) is 5.73 Å². The van der Waals surface area contributed by atoms with Crippen molar-refractivity contribution in [3.05, 3.63) is 88.9 Å². The zero-order valence-corrected chi connectivity index (χ0v) is 15.1. The normalized spacial score (nSPS) is 11.3. The maximum atomic E-state index is 12.2. The average Bonchev–Trinajstić information content (AvgIpc) is 2.71. The molecule has 0 aromatic heterocycles. The van der Waals surface area contributed by atoms with Gasteiger partial charge in [-0.15, -0.1) is 0 Å². The second kappa shape index (κ2) is 7.09. The first-order chi connectivity index (χ1) is 13.1. The molecule has 0 fully saturated rings. The number of halogens is 1. The molecule has 4 aromatic rings. The molecule has 1 amide bonds. The smallest absolute Gasteiger partial charge is 0.271 e. The van der Waals surface area contributed by atoms with Crippen molar-refractivity contribution in [2.24, 2.45) is 5.10 Å². The molecule has 4 nitrogen and oxygen atoms in total. The summed E-state index contributed by atoms with van der Waals surface area (Å²) in [6.07, 6.45) is 1.66. The Labute approximate surface area is 161 Å². The van der Waals surface area contributed by atoms with Crippen LogP contribution in [0.3, 0.4) is 0 Å². The summed E-state index contributed by atoms with van der Waals surface area (Å²) in [4.78, 5) is 12.2. The van der Waals surface area contributed by atoms with Gasteiger partial charge in [-0.1, -0.05) is 60.1 Å². The van der Waals surface area contributed by atoms with Crippen molar-refractivity contribution in [2.45, 2.75) is 0 Å². The summed E-state index contributed by atoms with van der Waals surface area (Å²) in [6, 6.07) is 22.4. The number of nitrogens with two attached hydrogens (primary N) is 1. The molecule has 0 aliphatic rings. The number of carbonyl (C=O) groups is 1. The van der Waals surface area contributed by atoms with E-state index in [-0.39, 0.29) is 5.91 Å². The number of nitrogens with zero attached hydrogens (tertiary/aromatic N) is 1. The van der Waals surface area contributed by atoms with E-state index in [4.69, 9.17) is 17.3 Å². The van der Waals surface area contributed by atoms with Gasteiger partial charge in [0.15, 0.2) is 0 Å². The minimum absolute atomic E-state index is 0.297. The minimum atomic E-state index is -0.297. The van der Waals surface area contributed by atoms with Gasteiger partial charge in [0.25, 0.3) is 5.91 Å².